The maximum Gasteiger partial charge on any atom is 0.410 e. The van der Waals surface area contributed by atoms with Crippen LogP contribution in [0.2, 0.25) is 0 Å². The van der Waals surface area contributed by atoms with Crippen LogP contribution in [-0.2, 0) is 33.5 Å². The van der Waals surface area contributed by atoms with Crippen molar-refractivity contribution in [2.75, 3.05) is 53.9 Å². The minimum absolute atomic E-state index is 0.0356. The summed E-state index contributed by atoms with van der Waals surface area (Å²) in [4.78, 5) is 102. The number of likely N-dealkylation sites (N-methyl/N-ethyl adjacent to an activating group) is 3. The average molecular weight is 871 g/mol. The Hall–Kier alpha value is -5.47. The number of aliphatic carboxylic acids is 1. The first-order valence-electron chi connectivity index (χ1n) is 22.9. The van der Waals surface area contributed by atoms with E-state index in [9.17, 15) is 38.7 Å². The number of ether oxygens (including phenoxy) is 1. The quantitative estimate of drug-likeness (QED) is 0.219. The number of nitrogens with zero attached hydrogens (tertiary/aromatic N) is 5. The van der Waals surface area contributed by atoms with Crippen molar-refractivity contribution in [2.24, 2.45) is 11.8 Å². The van der Waals surface area contributed by atoms with Crippen molar-refractivity contribution < 1.29 is 43.4 Å². The molecule has 15 heteroatoms. The Balaban J connectivity index is 1.12. The van der Waals surface area contributed by atoms with Crippen LogP contribution in [-0.4, -0.2) is 149 Å². The van der Waals surface area contributed by atoms with Gasteiger partial charge >= 0.3 is 12.1 Å². The van der Waals surface area contributed by atoms with E-state index in [1.54, 1.807) is 19.0 Å². The summed E-state index contributed by atoms with van der Waals surface area (Å²) < 4.78 is 5.94. The molecule has 1 saturated carbocycles. The number of carbonyl (C=O) groups excluding carboxylic acids is 6. The molecule has 2 aromatic rings. The molecular weight excluding hydrogens is 805 g/mol. The second kappa shape index (κ2) is 21.3. The average Bonchev–Trinajstić information content (AvgIpc) is 3.58. The largest absolute Gasteiger partial charge is 0.481 e. The first kappa shape index (κ1) is 47.0. The van der Waals surface area contributed by atoms with Gasteiger partial charge in [-0.25, -0.2) is 4.79 Å². The van der Waals surface area contributed by atoms with Crippen LogP contribution in [0.3, 0.4) is 0 Å². The van der Waals surface area contributed by atoms with Crippen LogP contribution in [0.25, 0.3) is 11.1 Å². The monoisotopic (exact) mass is 870 g/mol. The summed E-state index contributed by atoms with van der Waals surface area (Å²) in [6.45, 7) is 4.88. The molecule has 342 valence electrons. The first-order chi connectivity index (χ1) is 30.2. The van der Waals surface area contributed by atoms with E-state index < -0.39 is 72.8 Å². The standard InChI is InChI=1S/C48H66N6O9/c1-31(2)26-40(52(5)48(62)63-30-37-35-20-12-10-18-33(35)34-19-11-13-21-36(34)37)47(61)54-25-22-39(54)46(60)51(4)41(27-32-16-8-6-9-17-32)45(59)50(3)29-42(55)49-38(28-43(56)57)44(58)53-23-14-7-15-24-53/h10-13,18-21,31-32,37-41H,6-9,14-17,22-30H2,1-5H3,(H,49,55)(H,56,57)/t38-,39-,40-,41-/m0/s1. The van der Waals surface area contributed by atoms with Crippen LogP contribution in [0.15, 0.2) is 48.5 Å². The van der Waals surface area contributed by atoms with Crippen molar-refractivity contribution in [3.05, 3.63) is 59.7 Å². The second-order valence-electron chi connectivity index (χ2n) is 18.4. The lowest BCUT2D eigenvalue weighted by atomic mass is 9.84. The van der Waals surface area contributed by atoms with E-state index in [1.165, 1.54) is 26.6 Å². The zero-order valence-electron chi connectivity index (χ0n) is 37.6. The lowest BCUT2D eigenvalue weighted by molar-refractivity contribution is -0.159. The third-order valence-corrected chi connectivity index (χ3v) is 13.5. The van der Waals surface area contributed by atoms with Gasteiger partial charge in [0, 0.05) is 46.7 Å². The Kier molecular flexibility index (Phi) is 15.9. The smallest absolute Gasteiger partial charge is 0.410 e. The molecule has 6 amide bonds. The van der Waals surface area contributed by atoms with Gasteiger partial charge in [-0.3, -0.25) is 33.7 Å². The number of hydrogen-bond acceptors (Lipinski definition) is 8. The van der Waals surface area contributed by atoms with E-state index >= 15 is 0 Å². The fourth-order valence-corrected chi connectivity index (χ4v) is 9.84. The molecule has 2 aliphatic carbocycles. The molecule has 4 atom stereocenters. The predicted octanol–water partition coefficient (Wildman–Crippen LogP) is 5.11. The molecule has 2 saturated heterocycles. The van der Waals surface area contributed by atoms with E-state index in [1.807, 2.05) is 50.2 Å². The molecule has 15 nitrogen and oxygen atoms in total. The number of carboxylic acid groups (broad SMARTS) is 1. The molecule has 2 aliphatic heterocycles. The molecule has 2 aromatic carbocycles. The highest BCUT2D eigenvalue weighted by molar-refractivity contribution is 5.96. The van der Waals surface area contributed by atoms with E-state index in [0.717, 1.165) is 73.6 Å². The number of hydrogen-bond donors (Lipinski definition) is 2. The minimum atomic E-state index is -1.27. The van der Waals surface area contributed by atoms with Crippen molar-refractivity contribution in [2.45, 2.75) is 121 Å². The van der Waals surface area contributed by atoms with Crippen LogP contribution >= 0.6 is 0 Å². The van der Waals surface area contributed by atoms with Crippen molar-refractivity contribution >= 4 is 41.6 Å². The molecule has 0 unspecified atom stereocenters. The summed E-state index contributed by atoms with van der Waals surface area (Å²) in [5.74, 6) is -3.54. The summed E-state index contributed by atoms with van der Waals surface area (Å²) in [7, 11) is 4.59. The van der Waals surface area contributed by atoms with Gasteiger partial charge in [0.2, 0.25) is 29.5 Å². The molecule has 0 radical (unpaired) electrons. The SMILES string of the molecule is CC(C)C[C@@H](C(=O)N1CC[C@H]1C(=O)N(C)[C@@H](CC1CCCCC1)C(=O)N(C)CC(=O)N[C@@H](CC(=O)O)C(=O)N1CCCCC1)N(C)C(=O)OCC1c2ccccc2-c2ccccc21. The molecule has 3 fully saturated rings. The highest BCUT2D eigenvalue weighted by Crippen LogP contribution is 2.44. The van der Waals surface area contributed by atoms with Crippen LogP contribution < -0.4 is 5.32 Å². The molecule has 6 rings (SSSR count). The van der Waals surface area contributed by atoms with Gasteiger partial charge in [-0.15, -0.1) is 0 Å². The lowest BCUT2D eigenvalue weighted by Gasteiger charge is -2.45. The number of amides is 6. The number of carboxylic acids is 1. The number of rotatable bonds is 17. The topological polar surface area (TPSA) is 177 Å². The van der Waals surface area contributed by atoms with Crippen LogP contribution in [0.4, 0.5) is 4.79 Å². The molecule has 0 spiro atoms. The number of nitrogens with one attached hydrogen (secondary N) is 1. The van der Waals surface area contributed by atoms with E-state index in [2.05, 4.69) is 17.4 Å². The molecule has 2 heterocycles. The van der Waals surface area contributed by atoms with Crippen LogP contribution in [0, 0.1) is 11.8 Å². The number of carbonyl (C=O) groups is 7. The fraction of sp³-hybridized carbons (Fsp3) is 0.604. The lowest BCUT2D eigenvalue weighted by Crippen LogP contribution is -2.64. The summed E-state index contributed by atoms with van der Waals surface area (Å²) in [5.41, 5.74) is 4.37. The molecule has 0 aromatic heterocycles. The Bertz CT molecular complexity index is 1950. The first-order valence-corrected chi connectivity index (χ1v) is 22.9. The van der Waals surface area contributed by atoms with Crippen molar-refractivity contribution in [3.63, 3.8) is 0 Å². The highest BCUT2D eigenvalue weighted by Gasteiger charge is 2.46. The Morgan fingerprint density at radius 2 is 1.37 bits per heavy atom. The van der Waals surface area contributed by atoms with Crippen LogP contribution in [0.1, 0.15) is 108 Å². The maximum atomic E-state index is 14.4. The summed E-state index contributed by atoms with van der Waals surface area (Å²) in [6.07, 6.45) is 7.38. The second-order valence-corrected chi connectivity index (χ2v) is 18.4. The Labute approximate surface area is 371 Å². The maximum absolute atomic E-state index is 14.4. The van der Waals surface area contributed by atoms with E-state index in [4.69, 9.17) is 4.74 Å². The number of benzene rings is 2. The minimum Gasteiger partial charge on any atom is -0.481 e. The molecule has 4 aliphatic rings. The van der Waals surface area contributed by atoms with Gasteiger partial charge in [-0.2, -0.15) is 0 Å². The zero-order chi connectivity index (χ0) is 45.4. The van der Waals surface area contributed by atoms with Crippen molar-refractivity contribution in [3.8, 4) is 11.1 Å². The molecule has 63 heavy (non-hydrogen) atoms. The number of piperidine rings is 1. The normalized spacial score (nSPS) is 18.9. The van der Waals surface area contributed by atoms with E-state index in [-0.39, 0.29) is 30.3 Å². The van der Waals surface area contributed by atoms with Gasteiger partial charge in [-0.05, 0) is 72.6 Å². The number of fused-ring (bicyclic) bond motifs is 3. The zero-order valence-corrected chi connectivity index (χ0v) is 37.6. The van der Waals surface area contributed by atoms with Gasteiger partial charge in [0.15, 0.2) is 0 Å². The van der Waals surface area contributed by atoms with Crippen molar-refractivity contribution in [1.82, 2.24) is 29.8 Å². The van der Waals surface area contributed by atoms with Gasteiger partial charge in [0.25, 0.3) is 0 Å². The van der Waals surface area contributed by atoms with E-state index in [0.29, 0.717) is 38.9 Å². The third-order valence-electron chi connectivity index (χ3n) is 13.5. The van der Waals surface area contributed by atoms with Crippen molar-refractivity contribution in [1.29, 1.82) is 0 Å². The van der Waals surface area contributed by atoms with Gasteiger partial charge in [0.05, 0.1) is 13.0 Å². The van der Waals surface area contributed by atoms with Gasteiger partial charge < -0.3 is 34.8 Å². The predicted molar refractivity (Wildman–Crippen MR) is 236 cm³/mol. The third kappa shape index (κ3) is 11.2. The summed E-state index contributed by atoms with van der Waals surface area (Å²) in [5, 5.41) is 12.1. The summed E-state index contributed by atoms with van der Waals surface area (Å²) in [6, 6.07) is 12.2. The highest BCUT2D eigenvalue weighted by atomic mass is 16.6. The van der Waals surface area contributed by atoms with Gasteiger partial charge in [0.1, 0.15) is 30.8 Å². The Morgan fingerprint density at radius 1 is 0.762 bits per heavy atom. The van der Waals surface area contributed by atoms with Crippen LogP contribution in [0.5, 0.6) is 0 Å². The summed E-state index contributed by atoms with van der Waals surface area (Å²) >= 11 is 0. The molecular formula is C48H66N6O9. The molecule has 0 bridgehead atoms. The fourth-order valence-electron chi connectivity index (χ4n) is 9.84. The number of likely N-dealkylation sites (tertiary alicyclic amines) is 2. The molecule has 2 N–H and O–H groups in total. The van der Waals surface area contributed by atoms with Gasteiger partial charge in [-0.1, -0.05) is 94.5 Å². The Morgan fingerprint density at radius 3 is 1.94 bits per heavy atom.